The highest BCUT2D eigenvalue weighted by Crippen LogP contribution is 2.44. The van der Waals surface area contributed by atoms with E-state index in [2.05, 4.69) is 34.9 Å². The highest BCUT2D eigenvalue weighted by atomic mass is 32.2. The normalized spacial score (nSPS) is 12.6. The van der Waals surface area contributed by atoms with Crippen LogP contribution in [0.5, 0.6) is 0 Å². The zero-order valence-electron chi connectivity index (χ0n) is 26.8. The number of carbonyl (C=O) groups excluding carboxylic acids is 2. The Hall–Kier alpha value is -3.78. The van der Waals surface area contributed by atoms with Gasteiger partial charge in [0, 0.05) is 25.4 Å². The second kappa shape index (κ2) is 19.7. The summed E-state index contributed by atoms with van der Waals surface area (Å²) in [6, 6.07) is 26.5. The molecule has 0 aromatic heterocycles. The van der Waals surface area contributed by atoms with Crippen LogP contribution < -0.4 is 10.6 Å². The molecule has 3 aromatic rings. The molecule has 1 atom stereocenters. The van der Waals surface area contributed by atoms with E-state index in [-0.39, 0.29) is 23.5 Å². The molecule has 0 saturated heterocycles. The summed E-state index contributed by atoms with van der Waals surface area (Å²) in [6.45, 7) is 1.35. The van der Waals surface area contributed by atoms with E-state index >= 15 is 0 Å². The van der Waals surface area contributed by atoms with Gasteiger partial charge in [-0.1, -0.05) is 117 Å². The summed E-state index contributed by atoms with van der Waals surface area (Å²) in [5, 5.41) is 14.4. The SMILES string of the molecule is O=C(O)CCCCCCCCCCSC(C(=O)NCCCCNC(=O)OCC1c2ccccc2-c2ccccc21)c1ccccc1. The van der Waals surface area contributed by atoms with Crippen molar-refractivity contribution in [3.63, 3.8) is 0 Å². The number of hydrogen-bond acceptors (Lipinski definition) is 5. The standard InChI is InChI=1S/C38H48N2O5S/c41-35(42)24-10-5-3-1-2-4-6-17-27-46-36(29-18-8-7-9-19-29)37(43)39-25-15-16-26-40-38(44)45-28-34-32-22-13-11-20-30(32)31-21-12-14-23-33(31)34/h7-9,11-14,18-23,34,36H,1-6,10,15-17,24-28H2,(H,39,43)(H,40,44)(H,41,42). The van der Waals surface area contributed by atoms with Crippen LogP contribution in [0.4, 0.5) is 4.79 Å². The van der Waals surface area contributed by atoms with Gasteiger partial charge in [-0.05, 0) is 59.3 Å². The molecule has 8 heteroatoms. The summed E-state index contributed by atoms with van der Waals surface area (Å²) in [5.74, 6) is 0.287. The maximum absolute atomic E-state index is 13.1. The Balaban J connectivity index is 1.08. The molecule has 1 aliphatic rings. The maximum atomic E-state index is 13.1. The number of benzene rings is 3. The first kappa shape index (κ1) is 35.1. The van der Waals surface area contributed by atoms with E-state index in [0.717, 1.165) is 62.7 Å². The molecule has 1 unspecified atom stereocenters. The van der Waals surface area contributed by atoms with Crippen LogP contribution in [0.2, 0.25) is 0 Å². The lowest BCUT2D eigenvalue weighted by atomic mass is 9.98. The molecular formula is C38H48N2O5S. The molecule has 0 saturated carbocycles. The molecule has 0 radical (unpaired) electrons. The predicted octanol–water partition coefficient (Wildman–Crippen LogP) is 8.49. The molecule has 0 aliphatic heterocycles. The Kier molecular flexibility index (Phi) is 15.0. The van der Waals surface area contributed by atoms with Crippen molar-refractivity contribution in [3.05, 3.63) is 95.6 Å². The number of unbranched alkanes of at least 4 members (excludes halogenated alkanes) is 8. The number of amides is 2. The molecule has 2 amide bonds. The molecular weight excluding hydrogens is 596 g/mol. The molecule has 4 rings (SSSR count). The Morgan fingerprint density at radius 2 is 1.22 bits per heavy atom. The van der Waals surface area contributed by atoms with Gasteiger partial charge in [0.15, 0.2) is 0 Å². The summed E-state index contributed by atoms with van der Waals surface area (Å²) in [4.78, 5) is 36.2. The van der Waals surface area contributed by atoms with Crippen LogP contribution in [0, 0.1) is 0 Å². The molecule has 3 N–H and O–H groups in total. The van der Waals surface area contributed by atoms with Crippen LogP contribution in [-0.4, -0.2) is 48.5 Å². The first-order chi connectivity index (χ1) is 22.5. The molecule has 0 fully saturated rings. The second-order valence-electron chi connectivity index (χ2n) is 11.9. The topological polar surface area (TPSA) is 105 Å². The van der Waals surface area contributed by atoms with Gasteiger partial charge < -0.3 is 20.5 Å². The number of aliphatic carboxylic acids is 1. The zero-order valence-corrected chi connectivity index (χ0v) is 27.6. The molecule has 7 nitrogen and oxygen atoms in total. The van der Waals surface area contributed by atoms with Crippen LogP contribution in [0.25, 0.3) is 11.1 Å². The molecule has 46 heavy (non-hydrogen) atoms. The van der Waals surface area contributed by atoms with E-state index in [4.69, 9.17) is 9.84 Å². The fraction of sp³-hybridized carbons (Fsp3) is 0.447. The minimum absolute atomic E-state index is 0.0297. The Morgan fingerprint density at radius 1 is 0.674 bits per heavy atom. The highest BCUT2D eigenvalue weighted by molar-refractivity contribution is 8.00. The Morgan fingerprint density at radius 3 is 1.85 bits per heavy atom. The van der Waals surface area contributed by atoms with E-state index in [1.807, 2.05) is 54.6 Å². The number of ether oxygens (including phenoxy) is 1. The second-order valence-corrected chi connectivity index (χ2v) is 13.1. The van der Waals surface area contributed by atoms with Gasteiger partial charge in [0.25, 0.3) is 0 Å². The average molecular weight is 645 g/mol. The number of carboxylic acid groups (broad SMARTS) is 1. The quantitative estimate of drug-likeness (QED) is 0.101. The van der Waals surface area contributed by atoms with E-state index in [9.17, 15) is 14.4 Å². The molecule has 1 aliphatic carbocycles. The number of carbonyl (C=O) groups is 3. The van der Waals surface area contributed by atoms with Gasteiger partial charge in [-0.2, -0.15) is 0 Å². The van der Waals surface area contributed by atoms with Crippen LogP contribution in [0.1, 0.15) is 98.5 Å². The van der Waals surface area contributed by atoms with Crippen molar-refractivity contribution in [2.75, 3.05) is 25.4 Å². The Labute approximate surface area is 277 Å². The molecule has 246 valence electrons. The number of hydrogen-bond donors (Lipinski definition) is 3. The van der Waals surface area contributed by atoms with Gasteiger partial charge in [0.05, 0.1) is 0 Å². The predicted molar refractivity (Wildman–Crippen MR) is 186 cm³/mol. The number of rotatable bonds is 21. The zero-order chi connectivity index (χ0) is 32.4. The minimum Gasteiger partial charge on any atom is -0.481 e. The van der Waals surface area contributed by atoms with Crippen molar-refractivity contribution in [1.29, 1.82) is 0 Å². The summed E-state index contributed by atoms with van der Waals surface area (Å²) in [6.07, 6.45) is 9.94. The summed E-state index contributed by atoms with van der Waals surface area (Å²) >= 11 is 1.70. The van der Waals surface area contributed by atoms with Crippen LogP contribution in [0.3, 0.4) is 0 Å². The van der Waals surface area contributed by atoms with Crippen LogP contribution in [-0.2, 0) is 14.3 Å². The molecule has 0 spiro atoms. The van der Waals surface area contributed by atoms with Gasteiger partial charge >= 0.3 is 12.1 Å². The fourth-order valence-corrected chi connectivity index (χ4v) is 7.18. The lowest BCUT2D eigenvalue weighted by molar-refractivity contribution is -0.137. The molecule has 0 bridgehead atoms. The average Bonchev–Trinajstić information content (AvgIpc) is 3.39. The minimum atomic E-state index is -0.708. The van der Waals surface area contributed by atoms with Gasteiger partial charge in [-0.15, -0.1) is 11.8 Å². The van der Waals surface area contributed by atoms with Crippen LogP contribution >= 0.6 is 11.8 Å². The number of fused-ring (bicyclic) bond motifs is 3. The lowest BCUT2D eigenvalue weighted by Gasteiger charge is -2.17. The third kappa shape index (κ3) is 11.2. The van der Waals surface area contributed by atoms with E-state index in [0.29, 0.717) is 19.7 Å². The van der Waals surface area contributed by atoms with Gasteiger partial charge in [-0.25, -0.2) is 4.79 Å². The summed E-state index contributed by atoms with van der Waals surface area (Å²) in [7, 11) is 0. The van der Waals surface area contributed by atoms with Crippen molar-refractivity contribution in [2.45, 2.75) is 81.8 Å². The van der Waals surface area contributed by atoms with Gasteiger partial charge in [-0.3, -0.25) is 9.59 Å². The summed E-state index contributed by atoms with van der Waals surface area (Å²) < 4.78 is 5.62. The highest BCUT2D eigenvalue weighted by Gasteiger charge is 2.29. The van der Waals surface area contributed by atoms with E-state index in [1.54, 1.807) is 11.8 Å². The first-order valence-electron chi connectivity index (χ1n) is 16.8. The number of nitrogens with one attached hydrogen (secondary N) is 2. The monoisotopic (exact) mass is 644 g/mol. The largest absolute Gasteiger partial charge is 0.481 e. The number of thioether (sulfide) groups is 1. The first-order valence-corrected chi connectivity index (χ1v) is 17.8. The smallest absolute Gasteiger partial charge is 0.407 e. The maximum Gasteiger partial charge on any atom is 0.407 e. The van der Waals surface area contributed by atoms with Gasteiger partial charge in [0.2, 0.25) is 5.91 Å². The van der Waals surface area contributed by atoms with Crippen molar-refractivity contribution >= 4 is 29.7 Å². The van der Waals surface area contributed by atoms with E-state index < -0.39 is 12.1 Å². The Bertz CT molecular complexity index is 1340. The van der Waals surface area contributed by atoms with Crippen molar-refractivity contribution in [3.8, 4) is 11.1 Å². The van der Waals surface area contributed by atoms with Gasteiger partial charge in [0.1, 0.15) is 11.9 Å². The van der Waals surface area contributed by atoms with E-state index in [1.165, 1.54) is 35.1 Å². The number of carboxylic acids is 1. The summed E-state index contributed by atoms with van der Waals surface area (Å²) in [5.41, 5.74) is 5.81. The molecule has 0 heterocycles. The lowest BCUT2D eigenvalue weighted by Crippen LogP contribution is -2.30. The third-order valence-corrected chi connectivity index (χ3v) is 9.77. The fourth-order valence-electron chi connectivity index (χ4n) is 5.99. The van der Waals surface area contributed by atoms with Crippen molar-refractivity contribution in [1.82, 2.24) is 10.6 Å². The van der Waals surface area contributed by atoms with Crippen molar-refractivity contribution in [2.24, 2.45) is 0 Å². The number of alkyl carbamates (subject to hydrolysis) is 1. The third-order valence-electron chi connectivity index (χ3n) is 8.43. The van der Waals surface area contributed by atoms with Crippen LogP contribution in [0.15, 0.2) is 78.9 Å². The van der Waals surface area contributed by atoms with Crippen molar-refractivity contribution < 1.29 is 24.2 Å². The molecule has 3 aromatic carbocycles.